The van der Waals surface area contributed by atoms with Gasteiger partial charge < -0.3 is 10.1 Å². The Labute approximate surface area is 156 Å². The van der Waals surface area contributed by atoms with E-state index in [2.05, 4.69) is 17.3 Å². The van der Waals surface area contributed by atoms with E-state index >= 15 is 0 Å². The predicted octanol–water partition coefficient (Wildman–Crippen LogP) is 4.40. The van der Waals surface area contributed by atoms with E-state index in [-0.39, 0.29) is 11.3 Å². The highest BCUT2D eigenvalue weighted by Crippen LogP contribution is 2.47. The van der Waals surface area contributed by atoms with E-state index in [0.717, 1.165) is 17.8 Å². The normalized spacial score (nSPS) is 18.2. The van der Waals surface area contributed by atoms with E-state index in [1.807, 2.05) is 36.4 Å². The highest BCUT2D eigenvalue weighted by Gasteiger charge is 2.36. The van der Waals surface area contributed by atoms with E-state index in [1.165, 1.54) is 19.2 Å². The van der Waals surface area contributed by atoms with E-state index in [1.54, 1.807) is 10.7 Å². The van der Waals surface area contributed by atoms with Crippen molar-refractivity contribution in [1.82, 2.24) is 9.78 Å². The molecule has 4 rings (SSSR count). The number of carbonyl (C=O) groups excluding carboxylic acids is 1. The van der Waals surface area contributed by atoms with Crippen molar-refractivity contribution >= 4 is 11.7 Å². The standard InChI is InChI=1S/C21H20FN3O2/c1-13-11-16(13)17-12-19(25(24-17)14-7-4-3-5-8-14)23-21(26)15-9-6-10-18(27-2)20(15)22/h3-10,12-13,16H,11H2,1-2H3,(H,23,26)/t13-,16-/m1/s1. The molecular weight excluding hydrogens is 345 g/mol. The van der Waals surface area contributed by atoms with Crippen LogP contribution in [-0.4, -0.2) is 22.8 Å². The predicted molar refractivity (Wildman–Crippen MR) is 101 cm³/mol. The fourth-order valence-corrected chi connectivity index (χ4v) is 3.20. The third-order valence-corrected chi connectivity index (χ3v) is 4.89. The van der Waals surface area contributed by atoms with Crippen molar-refractivity contribution in [2.75, 3.05) is 12.4 Å². The number of para-hydroxylation sites is 1. The van der Waals surface area contributed by atoms with Gasteiger partial charge in [0.2, 0.25) is 0 Å². The quantitative estimate of drug-likeness (QED) is 0.729. The maximum absolute atomic E-state index is 14.4. The van der Waals surface area contributed by atoms with Gasteiger partial charge in [0.1, 0.15) is 5.82 Å². The van der Waals surface area contributed by atoms with Gasteiger partial charge in [-0.05, 0) is 36.6 Å². The maximum Gasteiger partial charge on any atom is 0.259 e. The first-order valence-electron chi connectivity index (χ1n) is 8.87. The van der Waals surface area contributed by atoms with Gasteiger partial charge in [-0.1, -0.05) is 31.2 Å². The minimum absolute atomic E-state index is 0.0340. The largest absolute Gasteiger partial charge is 0.494 e. The summed E-state index contributed by atoms with van der Waals surface area (Å²) in [7, 11) is 1.37. The lowest BCUT2D eigenvalue weighted by molar-refractivity contribution is 0.102. The molecule has 2 aromatic carbocycles. The van der Waals surface area contributed by atoms with Crippen LogP contribution < -0.4 is 10.1 Å². The highest BCUT2D eigenvalue weighted by atomic mass is 19.1. The van der Waals surface area contributed by atoms with Crippen LogP contribution >= 0.6 is 0 Å². The van der Waals surface area contributed by atoms with Crippen LogP contribution in [0.4, 0.5) is 10.2 Å². The van der Waals surface area contributed by atoms with Crippen molar-refractivity contribution in [3.8, 4) is 11.4 Å². The van der Waals surface area contributed by atoms with E-state index in [0.29, 0.717) is 17.7 Å². The number of amides is 1. The number of methoxy groups -OCH3 is 1. The molecule has 1 saturated carbocycles. The Morgan fingerprint density at radius 3 is 2.63 bits per heavy atom. The summed E-state index contributed by atoms with van der Waals surface area (Å²) in [5, 5.41) is 7.48. The first-order chi connectivity index (χ1) is 13.1. The minimum Gasteiger partial charge on any atom is -0.494 e. The molecule has 1 aliphatic carbocycles. The number of ether oxygens (including phenoxy) is 1. The number of aromatic nitrogens is 2. The van der Waals surface area contributed by atoms with Crippen LogP contribution in [0.3, 0.4) is 0 Å². The Morgan fingerprint density at radius 1 is 1.22 bits per heavy atom. The lowest BCUT2D eigenvalue weighted by Gasteiger charge is -2.10. The van der Waals surface area contributed by atoms with Gasteiger partial charge in [-0.15, -0.1) is 0 Å². The van der Waals surface area contributed by atoms with Crippen molar-refractivity contribution < 1.29 is 13.9 Å². The zero-order valence-corrected chi connectivity index (χ0v) is 15.1. The maximum atomic E-state index is 14.4. The van der Waals surface area contributed by atoms with Gasteiger partial charge in [0.05, 0.1) is 24.1 Å². The second kappa shape index (κ2) is 6.87. The number of hydrogen-bond acceptors (Lipinski definition) is 3. The summed E-state index contributed by atoms with van der Waals surface area (Å²) in [6.45, 7) is 2.18. The molecule has 0 bridgehead atoms. The molecule has 0 unspecified atom stereocenters. The molecule has 1 heterocycles. The van der Waals surface area contributed by atoms with Crippen molar-refractivity contribution in [1.29, 1.82) is 0 Å². The Kier molecular flexibility index (Phi) is 4.39. The average Bonchev–Trinajstić information content (AvgIpc) is 3.27. The molecule has 2 atom stereocenters. The Morgan fingerprint density at radius 2 is 1.96 bits per heavy atom. The van der Waals surface area contributed by atoms with Gasteiger partial charge in [0, 0.05) is 12.0 Å². The van der Waals surface area contributed by atoms with Gasteiger partial charge in [-0.25, -0.2) is 9.07 Å². The first-order valence-corrected chi connectivity index (χ1v) is 8.87. The van der Waals surface area contributed by atoms with Gasteiger partial charge in [-0.3, -0.25) is 4.79 Å². The van der Waals surface area contributed by atoms with E-state index < -0.39 is 11.7 Å². The third kappa shape index (κ3) is 3.30. The Hall–Kier alpha value is -3.15. The molecule has 1 aliphatic rings. The summed E-state index contributed by atoms with van der Waals surface area (Å²) in [5.41, 5.74) is 1.70. The van der Waals surface area contributed by atoms with Crippen molar-refractivity contribution in [2.45, 2.75) is 19.3 Å². The van der Waals surface area contributed by atoms with Crippen LogP contribution in [0.15, 0.2) is 54.6 Å². The van der Waals surface area contributed by atoms with Gasteiger partial charge in [0.25, 0.3) is 5.91 Å². The molecule has 6 heteroatoms. The lowest BCUT2D eigenvalue weighted by atomic mass is 10.2. The number of benzene rings is 2. The summed E-state index contributed by atoms with van der Waals surface area (Å²) >= 11 is 0. The smallest absolute Gasteiger partial charge is 0.259 e. The molecule has 3 aromatic rings. The van der Waals surface area contributed by atoms with Gasteiger partial charge in [-0.2, -0.15) is 5.10 Å². The van der Waals surface area contributed by atoms with E-state index in [9.17, 15) is 9.18 Å². The van der Waals surface area contributed by atoms with E-state index in [4.69, 9.17) is 4.74 Å². The number of halogens is 1. The molecule has 0 radical (unpaired) electrons. The minimum atomic E-state index is -0.681. The van der Waals surface area contributed by atoms with Crippen molar-refractivity contribution in [3.05, 3.63) is 71.7 Å². The number of hydrogen-bond donors (Lipinski definition) is 1. The summed E-state index contributed by atoms with van der Waals surface area (Å²) in [6, 6.07) is 15.9. The highest BCUT2D eigenvalue weighted by molar-refractivity contribution is 6.04. The number of nitrogens with one attached hydrogen (secondary N) is 1. The van der Waals surface area contributed by atoms with Crippen molar-refractivity contribution in [2.24, 2.45) is 5.92 Å². The molecule has 1 N–H and O–H groups in total. The van der Waals surface area contributed by atoms with Crippen LogP contribution in [0.5, 0.6) is 5.75 Å². The summed E-state index contributed by atoms with van der Waals surface area (Å²) in [4.78, 5) is 12.7. The molecule has 5 nitrogen and oxygen atoms in total. The third-order valence-electron chi connectivity index (χ3n) is 4.89. The molecular formula is C21H20FN3O2. The van der Waals surface area contributed by atoms with Crippen LogP contribution in [0.2, 0.25) is 0 Å². The number of carbonyl (C=O) groups is 1. The van der Waals surface area contributed by atoms with Crippen LogP contribution in [0.25, 0.3) is 5.69 Å². The summed E-state index contributed by atoms with van der Waals surface area (Å²) < 4.78 is 21.1. The first kappa shape index (κ1) is 17.3. The average molecular weight is 365 g/mol. The van der Waals surface area contributed by atoms with Gasteiger partial charge in [0.15, 0.2) is 11.6 Å². The molecule has 27 heavy (non-hydrogen) atoms. The SMILES string of the molecule is COc1cccc(C(=O)Nc2cc([C@@H]3C[C@H]3C)nn2-c2ccccc2)c1F. The fourth-order valence-electron chi connectivity index (χ4n) is 3.20. The number of anilines is 1. The second-order valence-electron chi connectivity index (χ2n) is 6.80. The Bertz CT molecular complexity index is 984. The summed E-state index contributed by atoms with van der Waals surface area (Å²) in [5.74, 6) is 0.315. The van der Waals surface area contributed by atoms with Crippen LogP contribution in [-0.2, 0) is 0 Å². The van der Waals surface area contributed by atoms with Crippen LogP contribution in [0, 0.1) is 11.7 Å². The zero-order chi connectivity index (χ0) is 19.0. The van der Waals surface area contributed by atoms with Crippen LogP contribution in [0.1, 0.15) is 35.3 Å². The molecule has 1 amide bonds. The molecule has 1 aromatic heterocycles. The number of rotatable bonds is 5. The van der Waals surface area contributed by atoms with Crippen molar-refractivity contribution in [3.63, 3.8) is 0 Å². The molecule has 0 spiro atoms. The molecule has 0 saturated heterocycles. The Balaban J connectivity index is 1.69. The molecule has 1 fully saturated rings. The zero-order valence-electron chi connectivity index (χ0n) is 15.1. The molecule has 0 aliphatic heterocycles. The summed E-state index contributed by atoms with van der Waals surface area (Å²) in [6.07, 6.45) is 1.09. The monoisotopic (exact) mass is 365 g/mol. The topological polar surface area (TPSA) is 56.1 Å². The lowest BCUT2D eigenvalue weighted by Crippen LogP contribution is -2.16. The second-order valence-corrected chi connectivity index (χ2v) is 6.80. The molecule has 138 valence electrons. The fraction of sp³-hybridized carbons (Fsp3) is 0.238. The number of nitrogens with zero attached hydrogens (tertiary/aromatic N) is 2. The van der Waals surface area contributed by atoms with Gasteiger partial charge >= 0.3 is 0 Å².